The summed E-state index contributed by atoms with van der Waals surface area (Å²) in [4.78, 5) is 39.2. The molecule has 2 aromatic rings. The molecule has 1 aromatic carbocycles. The molecule has 7 nitrogen and oxygen atoms in total. The molecule has 1 aliphatic rings. The van der Waals surface area contributed by atoms with Crippen molar-refractivity contribution >= 4 is 58.6 Å². The molecule has 0 atom stereocenters. The summed E-state index contributed by atoms with van der Waals surface area (Å²) < 4.78 is 32.6. The van der Waals surface area contributed by atoms with Crippen molar-refractivity contribution in [2.45, 2.75) is 47.5 Å². The number of H-pyrrole nitrogens is 1. The van der Waals surface area contributed by atoms with Gasteiger partial charge in [0.25, 0.3) is 5.56 Å². The number of nitrogens with zero attached hydrogens (tertiary/aromatic N) is 1. The van der Waals surface area contributed by atoms with Gasteiger partial charge in [0.1, 0.15) is 16.9 Å². The van der Waals surface area contributed by atoms with E-state index in [1.54, 1.807) is 31.8 Å². The molecule has 0 saturated carbocycles. The number of hydrogen-bond donors (Lipinski definition) is 2. The van der Waals surface area contributed by atoms with E-state index in [9.17, 15) is 28.3 Å². The molecule has 184 valence electrons. The molecule has 2 N–H and O–H groups in total. The number of hydrogen-bond acceptors (Lipinski definition) is 5. The highest BCUT2D eigenvalue weighted by molar-refractivity contribution is 7.99. The SMILES string of the molecule is CC(C)(C)OC(=O)N1CC(c2ccc(Cl)c(Sc3cc(C(F)(F)Cl)[nH]c(=O)c3C(=O)O)c2Cl)C1. The summed E-state index contributed by atoms with van der Waals surface area (Å²) in [5.74, 6) is -1.78. The predicted octanol–water partition coefficient (Wildman–Crippen LogP) is 6.15. The first-order valence-corrected chi connectivity index (χ1v) is 11.7. The number of carboxylic acid groups (broad SMARTS) is 1. The van der Waals surface area contributed by atoms with Crippen LogP contribution in [0.1, 0.15) is 48.3 Å². The minimum absolute atomic E-state index is 0.123. The normalized spacial score (nSPS) is 14.6. The topological polar surface area (TPSA) is 99.7 Å². The molecule has 0 aliphatic carbocycles. The van der Waals surface area contributed by atoms with Crippen molar-refractivity contribution in [3.05, 3.63) is 55.4 Å². The number of carbonyl (C=O) groups excluding carboxylic acids is 1. The summed E-state index contributed by atoms with van der Waals surface area (Å²) in [7, 11) is 0. The van der Waals surface area contributed by atoms with E-state index in [0.717, 1.165) is 6.07 Å². The van der Waals surface area contributed by atoms with Gasteiger partial charge in [-0.05, 0) is 50.1 Å². The Balaban J connectivity index is 1.93. The summed E-state index contributed by atoms with van der Waals surface area (Å²) >= 11 is 18.5. The van der Waals surface area contributed by atoms with Gasteiger partial charge < -0.3 is 19.7 Å². The van der Waals surface area contributed by atoms with Crippen LogP contribution in [0.3, 0.4) is 0 Å². The molecule has 2 heterocycles. The number of ether oxygens (including phenoxy) is 1. The highest BCUT2D eigenvalue weighted by Crippen LogP contribution is 2.45. The molecule has 1 amide bonds. The number of carbonyl (C=O) groups is 2. The zero-order valence-electron chi connectivity index (χ0n) is 18.0. The molecule has 1 aromatic heterocycles. The Morgan fingerprint density at radius 2 is 1.85 bits per heavy atom. The molecule has 13 heteroatoms. The number of benzene rings is 1. The van der Waals surface area contributed by atoms with E-state index in [1.165, 1.54) is 11.0 Å². The average Bonchev–Trinajstić information content (AvgIpc) is 2.62. The Hall–Kier alpha value is -2.01. The minimum Gasteiger partial charge on any atom is -0.477 e. The maximum absolute atomic E-state index is 13.6. The molecule has 1 aliphatic heterocycles. The Labute approximate surface area is 212 Å². The highest BCUT2D eigenvalue weighted by Gasteiger charge is 2.37. The fourth-order valence-corrected chi connectivity index (χ4v) is 5.10. The van der Waals surface area contributed by atoms with Crippen molar-refractivity contribution in [1.29, 1.82) is 0 Å². The molecule has 3 rings (SSSR count). The lowest BCUT2D eigenvalue weighted by Crippen LogP contribution is -2.50. The third kappa shape index (κ3) is 5.79. The lowest BCUT2D eigenvalue weighted by molar-refractivity contribution is 0.00816. The number of carboxylic acids is 1. The van der Waals surface area contributed by atoms with Crippen molar-refractivity contribution in [3.8, 4) is 0 Å². The summed E-state index contributed by atoms with van der Waals surface area (Å²) in [5, 5.41) is 5.78. The van der Waals surface area contributed by atoms with Gasteiger partial charge in [0, 0.05) is 28.8 Å². The Morgan fingerprint density at radius 1 is 1.24 bits per heavy atom. The van der Waals surface area contributed by atoms with Gasteiger partial charge in [0.2, 0.25) is 0 Å². The number of alkyl halides is 3. The zero-order valence-corrected chi connectivity index (χ0v) is 21.1. The van der Waals surface area contributed by atoms with Crippen LogP contribution in [0.4, 0.5) is 13.6 Å². The number of likely N-dealkylation sites (tertiary alicyclic amines) is 1. The van der Waals surface area contributed by atoms with Crippen molar-refractivity contribution < 1.29 is 28.2 Å². The fraction of sp³-hybridized carbons (Fsp3) is 0.381. The quantitative estimate of drug-likeness (QED) is 0.429. The van der Waals surface area contributed by atoms with Crippen LogP contribution in [-0.2, 0) is 10.1 Å². The second-order valence-electron chi connectivity index (χ2n) is 8.52. The second kappa shape index (κ2) is 9.56. The summed E-state index contributed by atoms with van der Waals surface area (Å²) in [6, 6.07) is 3.96. The van der Waals surface area contributed by atoms with Crippen LogP contribution < -0.4 is 5.56 Å². The van der Waals surface area contributed by atoms with Gasteiger partial charge in [-0.1, -0.05) is 41.0 Å². The number of halogens is 5. The molecule has 1 fully saturated rings. The van der Waals surface area contributed by atoms with Gasteiger partial charge in [-0.3, -0.25) is 4.79 Å². The number of aromatic carboxylic acids is 1. The van der Waals surface area contributed by atoms with E-state index in [4.69, 9.17) is 39.5 Å². The van der Waals surface area contributed by atoms with Crippen LogP contribution in [0.25, 0.3) is 0 Å². The first-order chi connectivity index (χ1) is 15.6. The highest BCUT2D eigenvalue weighted by atomic mass is 35.5. The van der Waals surface area contributed by atoms with Gasteiger partial charge in [-0.2, -0.15) is 8.78 Å². The monoisotopic (exact) mass is 554 g/mol. The van der Waals surface area contributed by atoms with Crippen LogP contribution in [0.2, 0.25) is 10.0 Å². The smallest absolute Gasteiger partial charge is 0.410 e. The lowest BCUT2D eigenvalue weighted by atomic mass is 9.92. The van der Waals surface area contributed by atoms with Gasteiger partial charge in [0.15, 0.2) is 0 Å². The first kappa shape index (κ1) is 26.6. The van der Waals surface area contributed by atoms with Crippen molar-refractivity contribution in [2.75, 3.05) is 13.1 Å². The van der Waals surface area contributed by atoms with E-state index in [2.05, 4.69) is 0 Å². The van der Waals surface area contributed by atoms with E-state index in [-0.39, 0.29) is 25.8 Å². The number of rotatable bonds is 5. The summed E-state index contributed by atoms with van der Waals surface area (Å²) in [5.41, 5.74) is -2.99. The van der Waals surface area contributed by atoms with Crippen LogP contribution in [-0.4, -0.2) is 45.7 Å². The van der Waals surface area contributed by atoms with Crippen LogP contribution in [0.5, 0.6) is 0 Å². The summed E-state index contributed by atoms with van der Waals surface area (Å²) in [6.45, 7) is 5.93. The average molecular weight is 556 g/mol. The van der Waals surface area contributed by atoms with E-state index < -0.39 is 39.9 Å². The van der Waals surface area contributed by atoms with Gasteiger partial charge in [0.05, 0.1) is 10.0 Å². The molecule has 0 bridgehead atoms. The predicted molar refractivity (Wildman–Crippen MR) is 125 cm³/mol. The zero-order chi connectivity index (χ0) is 25.6. The number of aromatic nitrogens is 1. The Bertz CT molecular complexity index is 1200. The molecule has 0 radical (unpaired) electrons. The van der Waals surface area contributed by atoms with E-state index in [0.29, 0.717) is 30.4 Å². The molecule has 0 unspecified atom stereocenters. The van der Waals surface area contributed by atoms with Crippen LogP contribution in [0.15, 0.2) is 32.8 Å². The maximum Gasteiger partial charge on any atom is 0.410 e. The third-order valence-corrected chi connectivity index (χ3v) is 7.10. The fourth-order valence-electron chi connectivity index (χ4n) is 3.19. The number of nitrogens with one attached hydrogen (secondary N) is 1. The van der Waals surface area contributed by atoms with Gasteiger partial charge in [-0.15, -0.1) is 0 Å². The van der Waals surface area contributed by atoms with Gasteiger partial charge >= 0.3 is 17.4 Å². The number of aromatic amines is 1. The lowest BCUT2D eigenvalue weighted by Gasteiger charge is -2.40. The Kier molecular flexibility index (Phi) is 7.48. The van der Waals surface area contributed by atoms with E-state index >= 15 is 0 Å². The van der Waals surface area contributed by atoms with E-state index in [1.807, 2.05) is 0 Å². The maximum atomic E-state index is 13.6. The number of amides is 1. The van der Waals surface area contributed by atoms with Crippen molar-refractivity contribution in [1.82, 2.24) is 9.88 Å². The molecular formula is C21H19Cl3F2N2O5S. The third-order valence-electron chi connectivity index (χ3n) is 4.78. The molecule has 1 saturated heterocycles. The van der Waals surface area contributed by atoms with Crippen LogP contribution in [0, 0.1) is 0 Å². The van der Waals surface area contributed by atoms with Crippen molar-refractivity contribution in [3.63, 3.8) is 0 Å². The molecular weight excluding hydrogens is 537 g/mol. The molecule has 34 heavy (non-hydrogen) atoms. The second-order valence-corrected chi connectivity index (χ2v) is 10.8. The van der Waals surface area contributed by atoms with Gasteiger partial charge in [-0.25, -0.2) is 9.59 Å². The summed E-state index contributed by atoms with van der Waals surface area (Å²) in [6.07, 6.45) is -0.465. The first-order valence-electron chi connectivity index (χ1n) is 9.80. The number of pyridine rings is 1. The minimum atomic E-state index is -3.93. The molecule has 0 spiro atoms. The standard InChI is InChI=1S/C21H19Cl3F2N2O5S/c1-20(2,3)33-19(32)28-7-9(8-28)10-4-5-11(22)16(15(10)23)34-12-6-13(21(24,25)26)27-17(29)14(12)18(30)31/h4-6,9H,7-8H2,1-3H3,(H,27,29)(H,30,31). The largest absolute Gasteiger partial charge is 0.477 e. The van der Waals surface area contributed by atoms with Crippen molar-refractivity contribution in [2.24, 2.45) is 0 Å². The van der Waals surface area contributed by atoms with Crippen LogP contribution >= 0.6 is 46.6 Å². The Morgan fingerprint density at radius 3 is 2.38 bits per heavy atom.